The van der Waals surface area contributed by atoms with Crippen LogP contribution in [-0.2, 0) is 6.54 Å². The minimum Gasteiger partial charge on any atom is -0.309 e. The van der Waals surface area contributed by atoms with Gasteiger partial charge in [0.25, 0.3) is 11.1 Å². The lowest BCUT2D eigenvalue weighted by Gasteiger charge is -2.24. The maximum Gasteiger partial charge on any atom is 0.258 e. The van der Waals surface area contributed by atoms with E-state index in [0.29, 0.717) is 24.3 Å². The van der Waals surface area contributed by atoms with E-state index in [1.165, 1.54) is 0 Å². The molecule has 4 rings (SSSR count). The Morgan fingerprint density at radius 1 is 1.23 bits per heavy atom. The molecule has 2 aromatic heterocycles. The number of nitrogens with one attached hydrogen (secondary N) is 1. The molecule has 0 amide bonds. The van der Waals surface area contributed by atoms with Gasteiger partial charge in [-0.25, -0.2) is 9.97 Å². The van der Waals surface area contributed by atoms with Crippen LogP contribution < -0.4 is 11.1 Å². The number of hydrogen-bond acceptors (Lipinski definition) is 5. The minimum absolute atomic E-state index is 0.0366. The Kier molecular flexibility index (Phi) is 4.38. The first kappa shape index (κ1) is 16.7. The van der Waals surface area contributed by atoms with Gasteiger partial charge in [-0.2, -0.15) is 0 Å². The second-order valence-corrected chi connectivity index (χ2v) is 6.72. The fourth-order valence-corrected chi connectivity index (χ4v) is 3.59. The summed E-state index contributed by atoms with van der Waals surface area (Å²) < 4.78 is 1.62. The zero-order valence-electron chi connectivity index (χ0n) is 14.7. The number of rotatable bonds is 4. The normalized spacial score (nSPS) is 17.8. The largest absolute Gasteiger partial charge is 0.309 e. The molecule has 3 aromatic rings. The predicted molar refractivity (Wildman–Crippen MR) is 99.1 cm³/mol. The second-order valence-electron chi connectivity index (χ2n) is 6.72. The van der Waals surface area contributed by atoms with Crippen LogP contribution in [0.15, 0.2) is 46.2 Å². The zero-order chi connectivity index (χ0) is 18.1. The number of H-pyrrole nitrogens is 1. The van der Waals surface area contributed by atoms with E-state index < -0.39 is 0 Å². The average Bonchev–Trinajstić information content (AvgIpc) is 3.09. The molecule has 1 aliphatic rings. The first-order chi connectivity index (χ1) is 12.6. The number of likely N-dealkylation sites (tertiary alicyclic amines) is 1. The lowest BCUT2D eigenvalue weighted by Crippen LogP contribution is -2.32. The number of aromatic amines is 1. The van der Waals surface area contributed by atoms with E-state index in [-0.39, 0.29) is 17.2 Å². The highest BCUT2D eigenvalue weighted by molar-refractivity contribution is 5.77. The van der Waals surface area contributed by atoms with Crippen LogP contribution in [0, 0.1) is 6.92 Å². The first-order valence-electron chi connectivity index (χ1n) is 8.88. The molecule has 1 atom stereocenters. The van der Waals surface area contributed by atoms with Crippen molar-refractivity contribution >= 4 is 10.9 Å². The SMILES string of the molecule is Cc1cc(=O)n(CCN2CCCC2c2nc3ccccc3c(=O)[nH]2)cn1. The monoisotopic (exact) mass is 351 g/mol. The number of aryl methyl sites for hydroxylation is 1. The summed E-state index contributed by atoms with van der Waals surface area (Å²) in [6, 6.07) is 9.00. The van der Waals surface area contributed by atoms with E-state index in [1.54, 1.807) is 23.0 Å². The summed E-state index contributed by atoms with van der Waals surface area (Å²) in [6.07, 6.45) is 3.59. The van der Waals surface area contributed by atoms with E-state index in [1.807, 2.05) is 25.1 Å². The molecule has 26 heavy (non-hydrogen) atoms. The van der Waals surface area contributed by atoms with Crippen molar-refractivity contribution in [2.75, 3.05) is 13.1 Å². The molecule has 0 radical (unpaired) electrons. The third-order valence-corrected chi connectivity index (χ3v) is 4.95. The maximum absolute atomic E-state index is 12.4. The lowest BCUT2D eigenvalue weighted by atomic mass is 10.2. The van der Waals surface area contributed by atoms with Gasteiger partial charge >= 0.3 is 0 Å². The third kappa shape index (κ3) is 3.17. The van der Waals surface area contributed by atoms with Gasteiger partial charge in [0.15, 0.2) is 0 Å². The Bertz CT molecular complexity index is 1060. The van der Waals surface area contributed by atoms with Crippen LogP contribution in [0.4, 0.5) is 0 Å². The molecule has 1 saturated heterocycles. The highest BCUT2D eigenvalue weighted by atomic mass is 16.1. The summed E-state index contributed by atoms with van der Waals surface area (Å²) in [4.78, 5) is 38.5. The smallest absolute Gasteiger partial charge is 0.258 e. The molecule has 0 spiro atoms. The average molecular weight is 351 g/mol. The predicted octanol–water partition coefficient (Wildman–Crippen LogP) is 1.63. The standard InChI is InChI=1S/C19H21N5O2/c1-13-11-17(25)24(12-20-13)10-9-23-8-4-7-16(23)18-21-15-6-3-2-5-14(15)19(26)22-18/h2-3,5-6,11-12,16H,4,7-10H2,1H3,(H,21,22,26). The van der Waals surface area contributed by atoms with Crippen molar-refractivity contribution < 1.29 is 0 Å². The summed E-state index contributed by atoms with van der Waals surface area (Å²) >= 11 is 0. The molecule has 0 aliphatic carbocycles. The Balaban J connectivity index is 1.57. The van der Waals surface area contributed by atoms with E-state index in [4.69, 9.17) is 0 Å². The van der Waals surface area contributed by atoms with Gasteiger partial charge in [0, 0.05) is 24.8 Å². The van der Waals surface area contributed by atoms with Crippen molar-refractivity contribution in [3.63, 3.8) is 0 Å². The van der Waals surface area contributed by atoms with Gasteiger partial charge in [-0.05, 0) is 38.4 Å². The molecule has 1 aliphatic heterocycles. The maximum atomic E-state index is 12.4. The number of benzene rings is 1. The number of fused-ring (bicyclic) bond motifs is 1. The Hall–Kier alpha value is -2.80. The van der Waals surface area contributed by atoms with E-state index in [0.717, 1.165) is 30.6 Å². The molecule has 0 bridgehead atoms. The number of para-hydroxylation sites is 1. The molecule has 3 heterocycles. The molecule has 7 nitrogen and oxygen atoms in total. The Morgan fingerprint density at radius 3 is 2.92 bits per heavy atom. The molecule has 1 N–H and O–H groups in total. The van der Waals surface area contributed by atoms with Crippen LogP contribution in [0.3, 0.4) is 0 Å². The summed E-state index contributed by atoms with van der Waals surface area (Å²) in [6.45, 7) is 4.02. The zero-order valence-corrected chi connectivity index (χ0v) is 14.7. The first-order valence-corrected chi connectivity index (χ1v) is 8.88. The van der Waals surface area contributed by atoms with Crippen molar-refractivity contribution in [2.24, 2.45) is 0 Å². The molecular formula is C19H21N5O2. The van der Waals surface area contributed by atoms with Crippen LogP contribution in [0.5, 0.6) is 0 Å². The number of hydrogen-bond donors (Lipinski definition) is 1. The highest BCUT2D eigenvalue weighted by Gasteiger charge is 2.28. The van der Waals surface area contributed by atoms with Gasteiger partial charge in [-0.1, -0.05) is 12.1 Å². The van der Waals surface area contributed by atoms with Gasteiger partial charge in [0.1, 0.15) is 5.82 Å². The minimum atomic E-state index is -0.101. The Morgan fingerprint density at radius 2 is 2.08 bits per heavy atom. The molecular weight excluding hydrogens is 330 g/mol. The van der Waals surface area contributed by atoms with E-state index in [9.17, 15) is 9.59 Å². The van der Waals surface area contributed by atoms with Crippen molar-refractivity contribution in [1.82, 2.24) is 24.4 Å². The summed E-state index contributed by atoms with van der Waals surface area (Å²) in [7, 11) is 0. The van der Waals surface area contributed by atoms with Crippen molar-refractivity contribution in [3.05, 3.63) is 68.9 Å². The van der Waals surface area contributed by atoms with E-state index in [2.05, 4.69) is 19.9 Å². The fraction of sp³-hybridized carbons (Fsp3) is 0.368. The molecule has 1 fully saturated rings. The summed E-state index contributed by atoms with van der Waals surface area (Å²) in [5, 5.41) is 0.609. The topological polar surface area (TPSA) is 83.9 Å². The third-order valence-electron chi connectivity index (χ3n) is 4.95. The molecule has 1 aromatic carbocycles. The molecule has 134 valence electrons. The summed E-state index contributed by atoms with van der Waals surface area (Å²) in [5.41, 5.74) is 1.31. The van der Waals surface area contributed by atoms with Crippen LogP contribution in [-0.4, -0.2) is 37.5 Å². The van der Waals surface area contributed by atoms with Gasteiger partial charge in [0.2, 0.25) is 0 Å². The summed E-state index contributed by atoms with van der Waals surface area (Å²) in [5.74, 6) is 0.709. The van der Waals surface area contributed by atoms with Crippen LogP contribution in [0.1, 0.15) is 30.4 Å². The van der Waals surface area contributed by atoms with Gasteiger partial charge in [-0.15, -0.1) is 0 Å². The Labute approximate surface area is 150 Å². The molecule has 7 heteroatoms. The number of aromatic nitrogens is 4. The van der Waals surface area contributed by atoms with Gasteiger partial charge < -0.3 is 4.98 Å². The fourth-order valence-electron chi connectivity index (χ4n) is 3.59. The lowest BCUT2D eigenvalue weighted by molar-refractivity contribution is 0.237. The quantitative estimate of drug-likeness (QED) is 0.772. The van der Waals surface area contributed by atoms with Crippen molar-refractivity contribution in [3.8, 4) is 0 Å². The number of nitrogens with zero attached hydrogens (tertiary/aromatic N) is 4. The van der Waals surface area contributed by atoms with Crippen molar-refractivity contribution in [2.45, 2.75) is 32.4 Å². The van der Waals surface area contributed by atoms with Crippen molar-refractivity contribution in [1.29, 1.82) is 0 Å². The van der Waals surface area contributed by atoms with Crippen LogP contribution in [0.25, 0.3) is 10.9 Å². The van der Waals surface area contributed by atoms with Crippen LogP contribution >= 0.6 is 0 Å². The highest BCUT2D eigenvalue weighted by Crippen LogP contribution is 2.29. The van der Waals surface area contributed by atoms with E-state index >= 15 is 0 Å². The second kappa shape index (κ2) is 6.84. The van der Waals surface area contributed by atoms with Gasteiger partial charge in [-0.3, -0.25) is 19.1 Å². The van der Waals surface area contributed by atoms with Gasteiger partial charge in [0.05, 0.1) is 23.3 Å². The molecule has 1 unspecified atom stereocenters. The van der Waals surface area contributed by atoms with Crippen LogP contribution in [0.2, 0.25) is 0 Å². The molecule has 0 saturated carbocycles.